The molecule has 1 N–H and O–H groups in total. The summed E-state index contributed by atoms with van der Waals surface area (Å²) in [5, 5.41) is 8.92. The molecule has 1 aromatic rings. The van der Waals surface area contributed by atoms with Crippen LogP contribution in [-0.2, 0) is 4.79 Å². The van der Waals surface area contributed by atoms with E-state index in [9.17, 15) is 4.79 Å². The van der Waals surface area contributed by atoms with Crippen LogP contribution >= 0.6 is 0 Å². The number of hydrogen-bond acceptors (Lipinski definition) is 2. The minimum Gasteiger partial charge on any atom is -0.485 e. The molecule has 1 unspecified atom stereocenters. The quantitative estimate of drug-likeness (QED) is 0.444. The first-order valence-electron chi connectivity index (χ1n) is 11.7. The molecule has 0 saturated heterocycles. The molecule has 4 fully saturated rings. The van der Waals surface area contributed by atoms with Gasteiger partial charge in [-0.05, 0) is 98.5 Å². The lowest BCUT2D eigenvalue weighted by Crippen LogP contribution is -2.51. The average Bonchev–Trinajstić information content (AvgIpc) is 2.71. The summed E-state index contributed by atoms with van der Waals surface area (Å²) in [5.41, 5.74) is 4.37. The summed E-state index contributed by atoms with van der Waals surface area (Å²) in [6, 6.07) is 8.36. The summed E-state index contributed by atoms with van der Waals surface area (Å²) in [6.45, 7) is 3.97. The van der Waals surface area contributed by atoms with E-state index in [2.05, 4.69) is 43.3 Å². The van der Waals surface area contributed by atoms with Crippen LogP contribution < -0.4 is 4.74 Å². The van der Waals surface area contributed by atoms with Gasteiger partial charge in [0.25, 0.3) is 0 Å². The van der Waals surface area contributed by atoms with Crippen molar-refractivity contribution in [3.63, 3.8) is 0 Å². The number of para-hydroxylation sites is 1. The summed E-state index contributed by atoms with van der Waals surface area (Å²) in [7, 11) is 0. The van der Waals surface area contributed by atoms with Crippen LogP contribution in [0.1, 0.15) is 51.5 Å². The van der Waals surface area contributed by atoms with Crippen molar-refractivity contribution in [1.82, 2.24) is 0 Å². The fourth-order valence-electron chi connectivity index (χ4n) is 6.93. The molecule has 31 heavy (non-hydrogen) atoms. The molecule has 0 spiro atoms. The van der Waals surface area contributed by atoms with Crippen molar-refractivity contribution in [3.8, 4) is 5.75 Å². The number of carbonyl (C=O) groups is 1. The second-order valence-electron chi connectivity index (χ2n) is 10.1. The Labute approximate surface area is 185 Å². The van der Waals surface area contributed by atoms with Gasteiger partial charge in [0.15, 0.2) is 0 Å². The lowest BCUT2D eigenvalue weighted by Gasteiger charge is -2.56. The monoisotopic (exact) mass is 416 g/mol. The van der Waals surface area contributed by atoms with E-state index >= 15 is 0 Å². The van der Waals surface area contributed by atoms with Gasteiger partial charge in [-0.25, -0.2) is 4.79 Å². The molecule has 6 rings (SSSR count). The van der Waals surface area contributed by atoms with Gasteiger partial charge in [-0.1, -0.05) is 36.4 Å². The van der Waals surface area contributed by atoms with Crippen LogP contribution in [-0.4, -0.2) is 17.2 Å². The highest BCUT2D eigenvalue weighted by Crippen LogP contribution is 2.59. The van der Waals surface area contributed by atoms with Crippen molar-refractivity contribution in [2.24, 2.45) is 29.6 Å². The van der Waals surface area contributed by atoms with Gasteiger partial charge in [-0.3, -0.25) is 0 Å². The van der Waals surface area contributed by atoms with E-state index in [4.69, 9.17) is 9.84 Å². The molecular weight excluding hydrogens is 384 g/mol. The fraction of sp³-hybridized carbons (Fsp3) is 0.464. The van der Waals surface area contributed by atoms with Crippen LogP contribution in [0.3, 0.4) is 0 Å². The Hall–Kier alpha value is -2.55. The molecule has 1 aliphatic heterocycles. The van der Waals surface area contributed by atoms with E-state index in [-0.39, 0.29) is 6.10 Å². The van der Waals surface area contributed by atoms with Crippen LogP contribution in [0.5, 0.6) is 5.75 Å². The second kappa shape index (κ2) is 8.18. The molecule has 0 aromatic heterocycles. The molecule has 162 valence electrons. The average molecular weight is 417 g/mol. The number of aliphatic carboxylic acids is 1. The van der Waals surface area contributed by atoms with E-state index in [0.29, 0.717) is 5.92 Å². The zero-order chi connectivity index (χ0) is 21.5. The summed E-state index contributed by atoms with van der Waals surface area (Å²) >= 11 is 0. The maximum absolute atomic E-state index is 10.9. The minimum atomic E-state index is -0.912. The molecule has 1 heterocycles. The topological polar surface area (TPSA) is 46.5 Å². The molecule has 4 saturated carbocycles. The Balaban J connectivity index is 1.46. The molecule has 5 aliphatic rings. The van der Waals surface area contributed by atoms with Crippen LogP contribution in [0.4, 0.5) is 0 Å². The van der Waals surface area contributed by atoms with Gasteiger partial charge in [-0.15, -0.1) is 0 Å². The smallest absolute Gasteiger partial charge is 0.328 e. The highest BCUT2D eigenvalue weighted by Gasteiger charge is 2.52. The van der Waals surface area contributed by atoms with Gasteiger partial charge >= 0.3 is 5.97 Å². The maximum Gasteiger partial charge on any atom is 0.328 e. The molecule has 3 heteroatoms. The first kappa shape index (κ1) is 20.4. The van der Waals surface area contributed by atoms with Crippen molar-refractivity contribution in [3.05, 3.63) is 70.9 Å². The molecule has 0 amide bonds. The maximum atomic E-state index is 10.9. The first-order valence-corrected chi connectivity index (χ1v) is 11.7. The predicted octanol–water partition coefficient (Wildman–Crippen LogP) is 6.44. The van der Waals surface area contributed by atoms with Crippen LogP contribution in [0.25, 0.3) is 6.08 Å². The Morgan fingerprint density at radius 1 is 1.03 bits per heavy atom. The largest absolute Gasteiger partial charge is 0.485 e. The minimum absolute atomic E-state index is 0.116. The number of fused-ring (bicyclic) bond motifs is 1. The molecule has 1 aromatic carbocycles. The van der Waals surface area contributed by atoms with E-state index in [1.165, 1.54) is 49.3 Å². The van der Waals surface area contributed by atoms with Gasteiger partial charge < -0.3 is 9.84 Å². The SMILES string of the molecule is CC(/C=C/C=C(\C)C1=Cc2ccccc2OC1C1C2CC3CC(C2)CC1C3)=C\C(=O)O. The second-order valence-corrected chi connectivity index (χ2v) is 10.1. The van der Waals surface area contributed by atoms with Crippen molar-refractivity contribution in [2.45, 2.75) is 52.1 Å². The van der Waals surface area contributed by atoms with Crippen LogP contribution in [0.15, 0.2) is 65.3 Å². The normalized spacial score (nSPS) is 34.5. The third kappa shape index (κ3) is 4.03. The standard InChI is InChI=1S/C28H32O3/c1-17(10-26(29)30)6-5-7-18(2)24-16-21-8-3-4-9-25(21)31-28(24)27-22-12-19-11-20(14-22)15-23(27)13-19/h3-10,16,19-20,22-23,27-28H,11-15H2,1-2H3,(H,29,30)/b6-5+,17-10+,18-7+. The van der Waals surface area contributed by atoms with Gasteiger partial charge in [0, 0.05) is 17.6 Å². The van der Waals surface area contributed by atoms with Crippen LogP contribution in [0.2, 0.25) is 0 Å². The number of allylic oxidation sites excluding steroid dienone is 4. The molecule has 4 bridgehead atoms. The van der Waals surface area contributed by atoms with E-state index in [1.54, 1.807) is 0 Å². The molecule has 1 atom stereocenters. The number of carboxylic acid groups (broad SMARTS) is 1. The molecule has 0 radical (unpaired) electrons. The van der Waals surface area contributed by atoms with E-state index < -0.39 is 5.97 Å². The first-order chi connectivity index (χ1) is 15.0. The van der Waals surface area contributed by atoms with Crippen molar-refractivity contribution >= 4 is 12.0 Å². The Morgan fingerprint density at radius 2 is 1.71 bits per heavy atom. The molecular formula is C28H32O3. The van der Waals surface area contributed by atoms with Crippen molar-refractivity contribution < 1.29 is 14.6 Å². The lowest BCUT2D eigenvalue weighted by molar-refractivity contribution is -0.131. The fourth-order valence-corrected chi connectivity index (χ4v) is 6.93. The highest BCUT2D eigenvalue weighted by atomic mass is 16.5. The van der Waals surface area contributed by atoms with Crippen LogP contribution in [0, 0.1) is 29.6 Å². The van der Waals surface area contributed by atoms with E-state index in [0.717, 1.165) is 40.6 Å². The van der Waals surface area contributed by atoms with Gasteiger partial charge in [-0.2, -0.15) is 0 Å². The predicted molar refractivity (Wildman–Crippen MR) is 124 cm³/mol. The number of rotatable bonds is 5. The lowest BCUT2D eigenvalue weighted by atomic mass is 9.50. The zero-order valence-corrected chi connectivity index (χ0v) is 18.5. The third-order valence-corrected chi connectivity index (χ3v) is 7.95. The zero-order valence-electron chi connectivity index (χ0n) is 18.5. The van der Waals surface area contributed by atoms with Crippen molar-refractivity contribution in [2.75, 3.05) is 0 Å². The Morgan fingerprint density at radius 3 is 2.39 bits per heavy atom. The summed E-state index contributed by atoms with van der Waals surface area (Å²) < 4.78 is 6.75. The number of benzene rings is 1. The summed E-state index contributed by atoms with van der Waals surface area (Å²) in [6.07, 6.45) is 16.6. The Kier molecular flexibility index (Phi) is 5.37. The third-order valence-electron chi connectivity index (χ3n) is 7.95. The van der Waals surface area contributed by atoms with Crippen molar-refractivity contribution in [1.29, 1.82) is 0 Å². The number of carboxylic acids is 1. The van der Waals surface area contributed by atoms with Gasteiger partial charge in [0.1, 0.15) is 11.9 Å². The summed E-state index contributed by atoms with van der Waals surface area (Å²) in [4.78, 5) is 10.9. The molecule has 4 aliphatic carbocycles. The molecule has 3 nitrogen and oxygen atoms in total. The number of hydrogen-bond donors (Lipinski definition) is 1. The number of ether oxygens (including phenoxy) is 1. The van der Waals surface area contributed by atoms with Gasteiger partial charge in [0.2, 0.25) is 0 Å². The summed E-state index contributed by atoms with van der Waals surface area (Å²) in [5.74, 6) is 4.18. The Bertz CT molecular complexity index is 965. The highest BCUT2D eigenvalue weighted by molar-refractivity contribution is 5.81. The van der Waals surface area contributed by atoms with E-state index in [1.807, 2.05) is 19.1 Å². The van der Waals surface area contributed by atoms with Gasteiger partial charge in [0.05, 0.1) is 0 Å².